The second-order valence-electron chi connectivity index (χ2n) is 4.06. The van der Waals surface area contributed by atoms with Crippen molar-refractivity contribution in [2.24, 2.45) is 11.1 Å². The number of ether oxygens (including phenoxy) is 1. The van der Waals surface area contributed by atoms with E-state index in [2.05, 4.69) is 6.92 Å². The molecule has 2 N–H and O–H groups in total. The second kappa shape index (κ2) is 4.75. The Morgan fingerprint density at radius 1 is 1.57 bits per heavy atom. The zero-order valence-electron chi connectivity index (χ0n) is 9.08. The fourth-order valence-electron chi connectivity index (χ4n) is 1.58. The van der Waals surface area contributed by atoms with Crippen molar-refractivity contribution in [1.29, 1.82) is 0 Å². The van der Waals surface area contributed by atoms with Crippen LogP contribution in [0.1, 0.15) is 19.8 Å². The first-order chi connectivity index (χ1) is 6.66. The van der Waals surface area contributed by atoms with E-state index in [4.69, 9.17) is 10.5 Å². The Morgan fingerprint density at radius 2 is 2.21 bits per heavy atom. The molecule has 1 saturated heterocycles. The normalized spacial score (nSPS) is 18.8. The molecule has 0 bridgehead atoms. The molecule has 82 valence electrons. The number of nitrogens with two attached hydrogens (primary N) is 1. The molecule has 1 aliphatic heterocycles. The van der Waals surface area contributed by atoms with Gasteiger partial charge in [0.15, 0.2) is 0 Å². The SMILES string of the molecule is CCCCN(C)C(=O)C1(CN)COC1. The molecule has 0 aromatic heterocycles. The van der Waals surface area contributed by atoms with Crippen molar-refractivity contribution in [1.82, 2.24) is 4.90 Å². The van der Waals surface area contributed by atoms with E-state index in [1.807, 2.05) is 7.05 Å². The maximum atomic E-state index is 12.0. The molecule has 1 amide bonds. The molecule has 0 spiro atoms. The van der Waals surface area contributed by atoms with Crippen LogP contribution < -0.4 is 5.73 Å². The highest BCUT2D eigenvalue weighted by atomic mass is 16.5. The largest absolute Gasteiger partial charge is 0.379 e. The Hall–Kier alpha value is -0.610. The van der Waals surface area contributed by atoms with Crippen molar-refractivity contribution in [3.05, 3.63) is 0 Å². The number of rotatable bonds is 5. The van der Waals surface area contributed by atoms with Gasteiger partial charge in [0.25, 0.3) is 0 Å². The third-order valence-corrected chi connectivity index (χ3v) is 2.79. The molecule has 0 aromatic carbocycles. The van der Waals surface area contributed by atoms with Crippen LogP contribution in [0.2, 0.25) is 0 Å². The van der Waals surface area contributed by atoms with Gasteiger partial charge in [-0.15, -0.1) is 0 Å². The summed E-state index contributed by atoms with van der Waals surface area (Å²) in [4.78, 5) is 13.7. The first-order valence-electron chi connectivity index (χ1n) is 5.19. The first-order valence-corrected chi connectivity index (χ1v) is 5.19. The lowest BCUT2D eigenvalue weighted by atomic mass is 9.84. The lowest BCUT2D eigenvalue weighted by Gasteiger charge is -2.41. The summed E-state index contributed by atoms with van der Waals surface area (Å²) >= 11 is 0. The molecule has 14 heavy (non-hydrogen) atoms. The lowest BCUT2D eigenvalue weighted by Crippen LogP contribution is -2.58. The van der Waals surface area contributed by atoms with Crippen molar-refractivity contribution < 1.29 is 9.53 Å². The van der Waals surface area contributed by atoms with Crippen LogP contribution in [0.5, 0.6) is 0 Å². The van der Waals surface area contributed by atoms with Crippen LogP contribution >= 0.6 is 0 Å². The van der Waals surface area contributed by atoms with Crippen molar-refractivity contribution in [2.75, 3.05) is 33.4 Å². The van der Waals surface area contributed by atoms with Gasteiger partial charge in [-0.05, 0) is 6.42 Å². The standard InChI is InChI=1S/C10H20N2O2/c1-3-4-5-12(2)9(13)10(6-11)7-14-8-10/h3-8,11H2,1-2H3. The summed E-state index contributed by atoms with van der Waals surface area (Å²) in [5, 5.41) is 0. The molecule has 0 aliphatic carbocycles. The summed E-state index contributed by atoms with van der Waals surface area (Å²) in [6, 6.07) is 0. The van der Waals surface area contributed by atoms with E-state index in [0.29, 0.717) is 19.8 Å². The van der Waals surface area contributed by atoms with Crippen LogP contribution in [0.4, 0.5) is 0 Å². The fraction of sp³-hybridized carbons (Fsp3) is 0.900. The van der Waals surface area contributed by atoms with E-state index in [-0.39, 0.29) is 5.91 Å². The minimum absolute atomic E-state index is 0.139. The summed E-state index contributed by atoms with van der Waals surface area (Å²) in [5.41, 5.74) is 5.19. The highest BCUT2D eigenvalue weighted by Gasteiger charge is 2.45. The third-order valence-electron chi connectivity index (χ3n) is 2.79. The van der Waals surface area contributed by atoms with E-state index >= 15 is 0 Å². The molecule has 1 rings (SSSR count). The zero-order valence-corrected chi connectivity index (χ0v) is 9.08. The lowest BCUT2D eigenvalue weighted by molar-refractivity contribution is -0.169. The third kappa shape index (κ3) is 2.07. The average Bonchev–Trinajstić information content (AvgIpc) is 2.13. The number of amides is 1. The minimum Gasteiger partial charge on any atom is -0.379 e. The van der Waals surface area contributed by atoms with E-state index < -0.39 is 5.41 Å². The smallest absolute Gasteiger partial charge is 0.234 e. The summed E-state index contributed by atoms with van der Waals surface area (Å²) in [6.45, 7) is 4.29. The minimum atomic E-state index is -0.414. The van der Waals surface area contributed by atoms with E-state index in [0.717, 1.165) is 19.4 Å². The molecule has 1 aliphatic rings. The Morgan fingerprint density at radius 3 is 2.57 bits per heavy atom. The Bertz CT molecular complexity index is 197. The van der Waals surface area contributed by atoms with E-state index in [1.165, 1.54) is 0 Å². The second-order valence-corrected chi connectivity index (χ2v) is 4.06. The Kier molecular flexibility index (Phi) is 3.89. The van der Waals surface area contributed by atoms with E-state index in [1.54, 1.807) is 4.90 Å². The van der Waals surface area contributed by atoms with Gasteiger partial charge >= 0.3 is 0 Å². The molecular weight excluding hydrogens is 180 g/mol. The predicted molar refractivity (Wildman–Crippen MR) is 54.9 cm³/mol. The highest BCUT2D eigenvalue weighted by Crippen LogP contribution is 2.28. The van der Waals surface area contributed by atoms with Gasteiger partial charge in [-0.3, -0.25) is 4.79 Å². The summed E-state index contributed by atoms with van der Waals surface area (Å²) < 4.78 is 5.08. The molecular formula is C10H20N2O2. The summed E-state index contributed by atoms with van der Waals surface area (Å²) in [6.07, 6.45) is 2.15. The molecule has 0 unspecified atom stereocenters. The predicted octanol–water partition coefficient (Wildman–Crippen LogP) is 0.220. The number of carbonyl (C=O) groups excluding carboxylic acids is 1. The van der Waals surface area contributed by atoms with Crippen LogP contribution in [0.15, 0.2) is 0 Å². The molecule has 0 saturated carbocycles. The fourth-order valence-corrected chi connectivity index (χ4v) is 1.58. The van der Waals surface area contributed by atoms with Gasteiger partial charge in [0.1, 0.15) is 5.41 Å². The molecule has 4 heteroatoms. The van der Waals surface area contributed by atoms with Crippen LogP contribution in [0.25, 0.3) is 0 Å². The Labute approximate surface area is 85.4 Å². The summed E-state index contributed by atoms with van der Waals surface area (Å²) in [7, 11) is 1.84. The molecule has 0 aromatic rings. The quantitative estimate of drug-likeness (QED) is 0.690. The highest BCUT2D eigenvalue weighted by molar-refractivity contribution is 5.83. The van der Waals surface area contributed by atoms with Crippen molar-refractivity contribution >= 4 is 5.91 Å². The molecule has 0 atom stereocenters. The van der Waals surface area contributed by atoms with Crippen molar-refractivity contribution in [2.45, 2.75) is 19.8 Å². The van der Waals surface area contributed by atoms with Crippen LogP contribution in [-0.2, 0) is 9.53 Å². The number of unbranched alkanes of at least 4 members (excludes halogenated alkanes) is 1. The van der Waals surface area contributed by atoms with Gasteiger partial charge in [-0.1, -0.05) is 13.3 Å². The van der Waals surface area contributed by atoms with Gasteiger partial charge in [0.05, 0.1) is 13.2 Å². The van der Waals surface area contributed by atoms with Crippen LogP contribution in [-0.4, -0.2) is 44.2 Å². The van der Waals surface area contributed by atoms with Gasteiger partial charge in [0.2, 0.25) is 5.91 Å². The van der Waals surface area contributed by atoms with Crippen LogP contribution in [0.3, 0.4) is 0 Å². The van der Waals surface area contributed by atoms with Gasteiger partial charge < -0.3 is 15.4 Å². The first kappa shape index (κ1) is 11.5. The number of carbonyl (C=O) groups is 1. The topological polar surface area (TPSA) is 55.6 Å². The van der Waals surface area contributed by atoms with Gasteiger partial charge in [0, 0.05) is 20.1 Å². The molecule has 0 radical (unpaired) electrons. The zero-order chi connectivity index (χ0) is 10.6. The molecule has 1 fully saturated rings. The maximum absolute atomic E-state index is 12.0. The van der Waals surface area contributed by atoms with Crippen molar-refractivity contribution in [3.8, 4) is 0 Å². The van der Waals surface area contributed by atoms with Gasteiger partial charge in [-0.2, -0.15) is 0 Å². The van der Waals surface area contributed by atoms with Crippen LogP contribution in [0, 0.1) is 5.41 Å². The molecule has 4 nitrogen and oxygen atoms in total. The van der Waals surface area contributed by atoms with E-state index in [9.17, 15) is 4.79 Å². The number of hydrogen-bond donors (Lipinski definition) is 1. The average molecular weight is 200 g/mol. The monoisotopic (exact) mass is 200 g/mol. The maximum Gasteiger partial charge on any atom is 0.234 e. The number of hydrogen-bond acceptors (Lipinski definition) is 3. The van der Waals surface area contributed by atoms with Gasteiger partial charge in [-0.25, -0.2) is 0 Å². The Balaban J connectivity index is 2.46. The number of nitrogens with zero attached hydrogens (tertiary/aromatic N) is 1. The molecule has 1 heterocycles. The van der Waals surface area contributed by atoms with Crippen molar-refractivity contribution in [3.63, 3.8) is 0 Å². The summed E-state index contributed by atoms with van der Waals surface area (Å²) in [5.74, 6) is 0.139.